The van der Waals surface area contributed by atoms with Crippen molar-refractivity contribution in [2.45, 2.75) is 50.0 Å². The highest BCUT2D eigenvalue weighted by Gasteiger charge is 2.28. The normalized spacial score (nSPS) is 15.1. The predicted molar refractivity (Wildman–Crippen MR) is 162 cm³/mol. The molecule has 10 heteroatoms. The minimum atomic E-state index is -4.72. The lowest BCUT2D eigenvalue weighted by Crippen LogP contribution is -2.33. The van der Waals surface area contributed by atoms with E-state index in [1.807, 2.05) is 36.0 Å². The van der Waals surface area contributed by atoms with Crippen LogP contribution in [0.5, 0.6) is 5.75 Å². The Balaban J connectivity index is 1.43. The topological polar surface area (TPSA) is 107 Å². The van der Waals surface area contributed by atoms with Crippen LogP contribution < -0.4 is 10.1 Å². The molecule has 0 unspecified atom stereocenters. The number of methoxy groups -OCH3 is 1. The first kappa shape index (κ1) is 25.4. The Kier molecular flexibility index (Phi) is 7.19. The van der Waals surface area contributed by atoms with Crippen LogP contribution in [-0.2, 0) is 28.2 Å². The molecule has 0 atom stereocenters. The van der Waals surface area contributed by atoms with Crippen LogP contribution in [0.15, 0.2) is 71.8 Å². The number of carbonyl (C=O) groups is 2. The summed E-state index contributed by atoms with van der Waals surface area (Å²) < 4.78 is 63.7. The minimum absolute atomic E-state index is 0.0479. The summed E-state index contributed by atoms with van der Waals surface area (Å²) in [4.78, 5) is 25.8. The van der Waals surface area contributed by atoms with Gasteiger partial charge in [-0.25, -0.2) is 17.5 Å². The number of hydrogen-bond donors (Lipinski definition) is 1. The Hall–Kier alpha value is -4.31. The lowest BCUT2D eigenvalue weighted by molar-refractivity contribution is 0.0882. The van der Waals surface area contributed by atoms with Gasteiger partial charge in [-0.3, -0.25) is 10.1 Å². The molecule has 42 heavy (non-hydrogen) atoms. The number of nitrogens with one attached hydrogen (secondary N) is 1. The van der Waals surface area contributed by atoms with Crippen molar-refractivity contribution in [3.05, 3.63) is 89.1 Å². The minimum Gasteiger partial charge on any atom is -0.496 e. The molecule has 0 radical (unpaired) electrons. The van der Waals surface area contributed by atoms with Crippen LogP contribution >= 0.6 is 0 Å². The average molecular weight is 593 g/mol. The van der Waals surface area contributed by atoms with Crippen LogP contribution in [0, 0.1) is 6.92 Å². The summed E-state index contributed by atoms with van der Waals surface area (Å²) in [5.41, 5.74) is 3.26. The van der Waals surface area contributed by atoms with Crippen molar-refractivity contribution in [3.63, 3.8) is 0 Å². The van der Waals surface area contributed by atoms with E-state index in [4.69, 9.17) is 13.6 Å². The lowest BCUT2D eigenvalue weighted by atomic mass is 10.0. The smallest absolute Gasteiger partial charge is 0.411 e. The molecule has 3 aromatic carbocycles. The zero-order chi connectivity index (χ0) is 32.5. The van der Waals surface area contributed by atoms with Crippen molar-refractivity contribution >= 4 is 38.6 Å². The molecule has 4 aromatic rings. The van der Waals surface area contributed by atoms with Crippen molar-refractivity contribution in [1.29, 1.82) is 0 Å². The summed E-state index contributed by atoms with van der Waals surface area (Å²) >= 11 is 0. The van der Waals surface area contributed by atoms with E-state index in [1.165, 1.54) is 44.4 Å². The summed E-state index contributed by atoms with van der Waals surface area (Å²) in [7, 11) is -1.39. The average Bonchev–Trinajstić information content (AvgIpc) is 3.59. The molecule has 1 heterocycles. The summed E-state index contributed by atoms with van der Waals surface area (Å²) in [6.07, 6.45) is 5.63. The molecule has 1 aliphatic rings. The summed E-state index contributed by atoms with van der Waals surface area (Å²) in [6, 6.07) is 15.8. The SMILES string of the molecule is [2H]C([2H])([2H])N(C(=O)c1ccc(Cc2cn(C)c3ccc(NC(=O)OC4CCCC4)cc23)c(OC)c1)S(=O)(=O)c1ccccc1C. The van der Waals surface area contributed by atoms with Gasteiger partial charge in [0, 0.05) is 52.9 Å². The highest BCUT2D eigenvalue weighted by Crippen LogP contribution is 2.31. The summed E-state index contributed by atoms with van der Waals surface area (Å²) in [5, 5.41) is 3.71. The number of aryl methyl sites for hydroxylation is 2. The molecular formula is C32H35N3O6S. The van der Waals surface area contributed by atoms with Crippen LogP contribution in [0.4, 0.5) is 10.5 Å². The Morgan fingerprint density at radius 3 is 2.55 bits per heavy atom. The molecule has 220 valence electrons. The van der Waals surface area contributed by atoms with Gasteiger partial charge in [-0.15, -0.1) is 0 Å². The molecule has 0 spiro atoms. The first-order chi connectivity index (χ1) is 21.3. The fourth-order valence-electron chi connectivity index (χ4n) is 5.40. The number of amides is 2. The molecule has 1 aliphatic carbocycles. The number of hydrogen-bond acceptors (Lipinski definition) is 6. The molecule has 1 N–H and O–H groups in total. The van der Waals surface area contributed by atoms with Crippen LogP contribution in [0.3, 0.4) is 0 Å². The van der Waals surface area contributed by atoms with Crippen molar-refractivity contribution in [1.82, 2.24) is 8.87 Å². The van der Waals surface area contributed by atoms with Crippen LogP contribution in [0.2, 0.25) is 0 Å². The monoisotopic (exact) mass is 592 g/mol. The number of anilines is 1. The maximum atomic E-state index is 13.6. The van der Waals surface area contributed by atoms with E-state index >= 15 is 0 Å². The third kappa shape index (κ3) is 5.85. The van der Waals surface area contributed by atoms with Gasteiger partial charge in [-0.05, 0) is 85.7 Å². The maximum absolute atomic E-state index is 13.6. The molecule has 1 fully saturated rings. The van der Waals surface area contributed by atoms with Crippen molar-refractivity contribution in [2.24, 2.45) is 7.05 Å². The van der Waals surface area contributed by atoms with Crippen LogP contribution in [0.1, 0.15) is 56.8 Å². The standard InChI is InChI=1S/C32H35N3O6S/c1-21-9-5-8-12-30(21)42(38,39)35(3)31(36)23-14-13-22(29(18-23)40-4)17-24-20-34(2)28-16-15-25(19-27(24)28)33-32(37)41-26-10-6-7-11-26/h5,8-9,12-16,18-20,26H,6-7,10-11,17H2,1-4H3,(H,33,37)/i3D3. The Bertz CT molecular complexity index is 1860. The van der Waals surface area contributed by atoms with E-state index in [0.29, 0.717) is 23.2 Å². The number of benzene rings is 3. The third-order valence-corrected chi connectivity index (χ3v) is 9.27. The molecular weight excluding hydrogens is 554 g/mol. The van der Waals surface area contributed by atoms with E-state index in [-0.39, 0.29) is 26.6 Å². The maximum Gasteiger partial charge on any atom is 0.411 e. The highest BCUT2D eigenvalue weighted by atomic mass is 32.2. The predicted octanol–water partition coefficient (Wildman–Crippen LogP) is 6.04. The van der Waals surface area contributed by atoms with Gasteiger partial charge < -0.3 is 14.0 Å². The number of carbonyl (C=O) groups excluding carboxylic acids is 2. The Morgan fingerprint density at radius 1 is 1.07 bits per heavy atom. The first-order valence-corrected chi connectivity index (χ1v) is 15.1. The van der Waals surface area contributed by atoms with Gasteiger partial charge in [0.1, 0.15) is 11.9 Å². The number of rotatable bonds is 8. The van der Waals surface area contributed by atoms with E-state index in [0.717, 1.165) is 42.1 Å². The molecule has 9 nitrogen and oxygen atoms in total. The number of fused-ring (bicyclic) bond motifs is 1. The fourth-order valence-corrected chi connectivity index (χ4v) is 6.64. The van der Waals surface area contributed by atoms with Gasteiger partial charge in [0.25, 0.3) is 15.9 Å². The van der Waals surface area contributed by atoms with Gasteiger partial charge in [-0.1, -0.05) is 24.3 Å². The molecule has 5 rings (SSSR count). The zero-order valence-corrected chi connectivity index (χ0v) is 24.5. The Labute approximate surface area is 250 Å². The number of ether oxygens (including phenoxy) is 2. The van der Waals surface area contributed by atoms with E-state index in [2.05, 4.69) is 5.32 Å². The van der Waals surface area contributed by atoms with Crippen molar-refractivity contribution in [2.75, 3.05) is 19.4 Å². The highest BCUT2D eigenvalue weighted by molar-refractivity contribution is 7.89. The zero-order valence-electron chi connectivity index (χ0n) is 26.7. The molecule has 1 saturated carbocycles. The first-order valence-electron chi connectivity index (χ1n) is 15.2. The van der Waals surface area contributed by atoms with E-state index in [9.17, 15) is 18.0 Å². The number of sulfonamides is 1. The second-order valence-electron chi connectivity index (χ2n) is 10.5. The van der Waals surface area contributed by atoms with Crippen molar-refractivity contribution in [3.8, 4) is 5.75 Å². The van der Waals surface area contributed by atoms with Gasteiger partial charge >= 0.3 is 6.09 Å². The Morgan fingerprint density at radius 2 is 1.83 bits per heavy atom. The number of nitrogens with zero attached hydrogens (tertiary/aromatic N) is 2. The van der Waals surface area contributed by atoms with Crippen molar-refractivity contribution < 1.29 is 31.6 Å². The third-order valence-electron chi connectivity index (χ3n) is 7.61. The molecule has 0 bridgehead atoms. The largest absolute Gasteiger partial charge is 0.496 e. The van der Waals surface area contributed by atoms with Crippen LogP contribution in [0.25, 0.3) is 10.9 Å². The van der Waals surface area contributed by atoms with Gasteiger partial charge in [0.05, 0.1) is 12.0 Å². The molecule has 1 aromatic heterocycles. The summed E-state index contributed by atoms with van der Waals surface area (Å²) in [5.74, 6) is -0.917. The molecule has 0 saturated heterocycles. The van der Waals surface area contributed by atoms with Gasteiger partial charge in [-0.2, -0.15) is 0 Å². The van der Waals surface area contributed by atoms with E-state index < -0.39 is 29.0 Å². The quantitative estimate of drug-likeness (QED) is 0.267. The fraction of sp³-hybridized carbons (Fsp3) is 0.312. The summed E-state index contributed by atoms with van der Waals surface area (Å²) in [6.45, 7) is -1.75. The van der Waals surface area contributed by atoms with E-state index in [1.54, 1.807) is 12.1 Å². The second kappa shape index (κ2) is 11.9. The lowest BCUT2D eigenvalue weighted by Gasteiger charge is -2.19. The van der Waals surface area contributed by atoms with Gasteiger partial charge in [0.2, 0.25) is 0 Å². The second-order valence-corrected chi connectivity index (χ2v) is 12.2. The van der Waals surface area contributed by atoms with Gasteiger partial charge in [0.15, 0.2) is 0 Å². The molecule has 0 aliphatic heterocycles. The van der Waals surface area contributed by atoms with Crippen LogP contribution in [-0.4, -0.2) is 49.5 Å². The number of aromatic nitrogens is 1. The molecule has 2 amide bonds.